The number of rotatable bonds is 5. The van der Waals surface area contributed by atoms with Crippen LogP contribution in [0.4, 0.5) is 0 Å². The number of benzene rings is 2. The predicted molar refractivity (Wildman–Crippen MR) is 85.0 cm³/mol. The van der Waals surface area contributed by atoms with Crippen LogP contribution >= 0.6 is 11.6 Å². The van der Waals surface area contributed by atoms with E-state index in [4.69, 9.17) is 21.4 Å². The molecule has 0 saturated carbocycles. The molecule has 2 aromatic carbocycles. The van der Waals surface area contributed by atoms with E-state index in [1.807, 2.05) is 31.2 Å². The Balaban J connectivity index is 2.24. The monoisotopic (exact) mass is 302 g/mol. The number of halogens is 1. The molecule has 0 aliphatic rings. The molecule has 0 aliphatic carbocycles. The van der Waals surface area contributed by atoms with Gasteiger partial charge in [-0.3, -0.25) is 0 Å². The fourth-order valence-electron chi connectivity index (χ4n) is 1.86. The van der Waals surface area contributed by atoms with E-state index in [9.17, 15) is 4.79 Å². The minimum atomic E-state index is -0.931. The van der Waals surface area contributed by atoms with E-state index in [1.165, 1.54) is 0 Å². The smallest absolute Gasteiger partial charge is 0.335 e. The summed E-state index contributed by atoms with van der Waals surface area (Å²) in [4.78, 5) is 10.8. The van der Waals surface area contributed by atoms with Crippen molar-refractivity contribution in [2.24, 2.45) is 0 Å². The normalized spacial score (nSPS) is 10.8. The zero-order valence-electron chi connectivity index (χ0n) is 11.5. The molecule has 0 heterocycles. The van der Waals surface area contributed by atoms with Crippen LogP contribution in [0.25, 0.3) is 12.2 Å². The number of hydrogen-bond donors (Lipinski definition) is 1. The van der Waals surface area contributed by atoms with Crippen molar-refractivity contribution in [2.45, 2.75) is 6.92 Å². The molecule has 0 saturated heterocycles. The predicted octanol–water partition coefficient (Wildman–Crippen LogP) is 4.61. The lowest BCUT2D eigenvalue weighted by Gasteiger charge is -2.07. The molecule has 4 heteroatoms. The van der Waals surface area contributed by atoms with E-state index in [-0.39, 0.29) is 5.56 Å². The fraction of sp³-hybridized carbons (Fsp3) is 0.118. The third kappa shape index (κ3) is 4.10. The Morgan fingerprint density at radius 1 is 1.19 bits per heavy atom. The molecular formula is C17H15ClO3. The van der Waals surface area contributed by atoms with Gasteiger partial charge >= 0.3 is 5.97 Å². The number of hydrogen-bond acceptors (Lipinski definition) is 2. The molecule has 21 heavy (non-hydrogen) atoms. The third-order valence-corrected chi connectivity index (χ3v) is 3.12. The first-order chi connectivity index (χ1) is 10.1. The second-order valence-corrected chi connectivity index (χ2v) is 4.81. The maximum Gasteiger partial charge on any atom is 0.335 e. The van der Waals surface area contributed by atoms with Gasteiger partial charge in [0.15, 0.2) is 0 Å². The summed E-state index contributed by atoms with van der Waals surface area (Å²) in [5.74, 6) is -0.167. The molecular weight excluding hydrogens is 288 g/mol. The van der Waals surface area contributed by atoms with Crippen LogP contribution in [0.1, 0.15) is 28.4 Å². The summed E-state index contributed by atoms with van der Waals surface area (Å²) in [6.07, 6.45) is 3.78. The highest BCUT2D eigenvalue weighted by Gasteiger charge is 2.02. The first kappa shape index (κ1) is 15.1. The summed E-state index contributed by atoms with van der Waals surface area (Å²) < 4.78 is 5.54. The maximum absolute atomic E-state index is 10.8. The maximum atomic E-state index is 10.8. The highest BCUT2D eigenvalue weighted by molar-refractivity contribution is 6.30. The molecule has 3 nitrogen and oxygen atoms in total. The topological polar surface area (TPSA) is 46.5 Å². The molecule has 0 aromatic heterocycles. The number of carbonyl (C=O) groups is 1. The van der Waals surface area contributed by atoms with Gasteiger partial charge in [-0.25, -0.2) is 4.79 Å². The molecule has 0 amide bonds. The molecule has 0 fully saturated rings. The summed E-state index contributed by atoms with van der Waals surface area (Å²) >= 11 is 6.00. The molecule has 0 atom stereocenters. The molecule has 0 aliphatic heterocycles. The van der Waals surface area contributed by atoms with E-state index >= 15 is 0 Å². The third-order valence-electron chi connectivity index (χ3n) is 2.88. The lowest BCUT2D eigenvalue weighted by molar-refractivity contribution is 0.0697. The molecule has 0 unspecified atom stereocenters. The van der Waals surface area contributed by atoms with Gasteiger partial charge in [0.2, 0.25) is 0 Å². The Hall–Kier alpha value is -2.26. The molecule has 0 radical (unpaired) electrons. The second kappa shape index (κ2) is 6.95. The molecule has 2 rings (SSSR count). The Bertz CT molecular complexity index is 660. The van der Waals surface area contributed by atoms with Crippen molar-refractivity contribution in [3.05, 3.63) is 64.2 Å². The van der Waals surface area contributed by atoms with Crippen LogP contribution in [0.3, 0.4) is 0 Å². The van der Waals surface area contributed by atoms with E-state index < -0.39 is 5.97 Å². The average molecular weight is 303 g/mol. The molecule has 108 valence electrons. The largest absolute Gasteiger partial charge is 0.493 e. The minimum absolute atomic E-state index is 0.268. The van der Waals surface area contributed by atoms with Crippen LogP contribution in [0, 0.1) is 0 Å². The Morgan fingerprint density at radius 3 is 2.52 bits per heavy atom. The van der Waals surface area contributed by atoms with Crippen LogP contribution in [-0.2, 0) is 0 Å². The van der Waals surface area contributed by atoms with Crippen molar-refractivity contribution in [3.63, 3.8) is 0 Å². The van der Waals surface area contributed by atoms with Crippen molar-refractivity contribution in [3.8, 4) is 5.75 Å². The highest BCUT2D eigenvalue weighted by atomic mass is 35.5. The van der Waals surface area contributed by atoms with Gasteiger partial charge in [0, 0.05) is 10.6 Å². The molecule has 0 spiro atoms. The zero-order chi connectivity index (χ0) is 15.2. The van der Waals surface area contributed by atoms with E-state index in [0.717, 1.165) is 16.9 Å². The zero-order valence-corrected chi connectivity index (χ0v) is 12.3. The number of carboxylic acid groups (broad SMARTS) is 1. The summed E-state index contributed by atoms with van der Waals surface area (Å²) in [5.41, 5.74) is 2.05. The van der Waals surface area contributed by atoms with Crippen molar-refractivity contribution >= 4 is 29.7 Å². The summed E-state index contributed by atoms with van der Waals surface area (Å²) in [6.45, 7) is 2.50. The Kier molecular flexibility index (Phi) is 5.01. The minimum Gasteiger partial charge on any atom is -0.493 e. The quantitative estimate of drug-likeness (QED) is 0.821. The van der Waals surface area contributed by atoms with Gasteiger partial charge in [-0.1, -0.05) is 35.9 Å². The van der Waals surface area contributed by atoms with Crippen LogP contribution in [0.15, 0.2) is 42.5 Å². The van der Waals surface area contributed by atoms with Gasteiger partial charge < -0.3 is 9.84 Å². The fourth-order valence-corrected chi connectivity index (χ4v) is 2.04. The van der Waals surface area contributed by atoms with Crippen LogP contribution in [0.2, 0.25) is 5.02 Å². The van der Waals surface area contributed by atoms with Gasteiger partial charge in [0.05, 0.1) is 12.2 Å². The van der Waals surface area contributed by atoms with Crippen molar-refractivity contribution in [1.82, 2.24) is 0 Å². The lowest BCUT2D eigenvalue weighted by Crippen LogP contribution is -1.95. The molecule has 1 N–H and O–H groups in total. The van der Waals surface area contributed by atoms with E-state index in [2.05, 4.69) is 0 Å². The Labute approximate surface area is 128 Å². The SMILES string of the molecule is CCOc1ccc(Cl)cc1C=Cc1ccc(C(=O)O)cc1. The van der Waals surface area contributed by atoms with Gasteiger partial charge in [0.1, 0.15) is 5.75 Å². The average Bonchev–Trinajstić information content (AvgIpc) is 2.48. The summed E-state index contributed by atoms with van der Waals surface area (Å²) in [7, 11) is 0. The van der Waals surface area contributed by atoms with Crippen LogP contribution < -0.4 is 4.74 Å². The van der Waals surface area contributed by atoms with Gasteiger partial charge in [-0.2, -0.15) is 0 Å². The van der Waals surface area contributed by atoms with Crippen molar-refractivity contribution in [2.75, 3.05) is 6.61 Å². The number of carboxylic acids is 1. The van der Waals surface area contributed by atoms with E-state index in [1.54, 1.807) is 30.3 Å². The van der Waals surface area contributed by atoms with Crippen molar-refractivity contribution in [1.29, 1.82) is 0 Å². The molecule has 0 bridgehead atoms. The summed E-state index contributed by atoms with van der Waals surface area (Å²) in [5, 5.41) is 9.50. The van der Waals surface area contributed by atoms with Gasteiger partial charge in [0.25, 0.3) is 0 Å². The second-order valence-electron chi connectivity index (χ2n) is 4.38. The standard InChI is InChI=1S/C17H15ClO3/c1-2-21-16-10-9-15(18)11-14(16)8-5-12-3-6-13(7-4-12)17(19)20/h3-11H,2H2,1H3,(H,19,20). The lowest BCUT2D eigenvalue weighted by atomic mass is 10.1. The Morgan fingerprint density at radius 2 is 1.90 bits per heavy atom. The van der Waals surface area contributed by atoms with Crippen LogP contribution in [-0.4, -0.2) is 17.7 Å². The van der Waals surface area contributed by atoms with E-state index in [0.29, 0.717) is 11.6 Å². The van der Waals surface area contributed by atoms with Crippen LogP contribution in [0.5, 0.6) is 5.75 Å². The van der Waals surface area contributed by atoms with Crippen molar-refractivity contribution < 1.29 is 14.6 Å². The summed E-state index contributed by atoms with van der Waals surface area (Å²) in [6, 6.07) is 12.1. The molecule has 2 aromatic rings. The van der Waals surface area contributed by atoms with Gasteiger partial charge in [-0.15, -0.1) is 0 Å². The number of ether oxygens (including phenoxy) is 1. The highest BCUT2D eigenvalue weighted by Crippen LogP contribution is 2.25. The van der Waals surface area contributed by atoms with Gasteiger partial charge in [-0.05, 0) is 42.8 Å². The first-order valence-electron chi connectivity index (χ1n) is 6.54. The first-order valence-corrected chi connectivity index (χ1v) is 6.91. The number of aromatic carboxylic acids is 1.